The zero-order chi connectivity index (χ0) is 16.0. The minimum atomic E-state index is 0.00486. The minimum absolute atomic E-state index is 0.00486. The molecule has 4 rings (SSSR count). The number of rotatable bonds is 1. The van der Waals surface area contributed by atoms with E-state index in [4.69, 9.17) is 0 Å². The van der Waals surface area contributed by atoms with Gasteiger partial charge in [0.05, 0.1) is 16.9 Å². The summed E-state index contributed by atoms with van der Waals surface area (Å²) in [5, 5.41) is 0.966. The maximum absolute atomic E-state index is 13.1. The summed E-state index contributed by atoms with van der Waals surface area (Å²) in [6.07, 6.45) is 1.67. The molecule has 2 aromatic heterocycles. The highest BCUT2D eigenvalue weighted by molar-refractivity contribution is 7.99. The van der Waals surface area contributed by atoms with Gasteiger partial charge in [-0.15, -0.1) is 11.8 Å². The van der Waals surface area contributed by atoms with Gasteiger partial charge in [-0.05, 0) is 43.6 Å². The summed E-state index contributed by atoms with van der Waals surface area (Å²) in [7, 11) is 0. The lowest BCUT2D eigenvalue weighted by atomic mass is 10.1. The molecular formula is C17H15N3OS2. The van der Waals surface area contributed by atoms with Crippen molar-refractivity contribution in [2.24, 2.45) is 0 Å². The second kappa shape index (κ2) is 5.62. The molecule has 6 heteroatoms. The lowest BCUT2D eigenvalue weighted by Crippen LogP contribution is -2.42. The molecule has 1 amide bonds. The molecule has 116 valence electrons. The average molecular weight is 341 g/mol. The molecule has 23 heavy (non-hydrogen) atoms. The summed E-state index contributed by atoms with van der Waals surface area (Å²) in [4.78, 5) is 21.4. The highest BCUT2D eigenvalue weighted by atomic mass is 32.2. The van der Waals surface area contributed by atoms with Crippen molar-refractivity contribution < 1.29 is 4.79 Å². The Kier molecular flexibility index (Phi) is 3.58. The number of hydrogen-bond donors (Lipinski definition) is 0. The predicted molar refractivity (Wildman–Crippen MR) is 95.6 cm³/mol. The fraction of sp³-hybridized carbons (Fsp3) is 0.235. The Labute approximate surface area is 142 Å². The number of benzene rings is 1. The molecule has 3 heterocycles. The maximum atomic E-state index is 13.1. The van der Waals surface area contributed by atoms with E-state index in [1.165, 1.54) is 11.5 Å². The molecule has 0 saturated heterocycles. The monoisotopic (exact) mass is 341 g/mol. The molecule has 0 fully saturated rings. The van der Waals surface area contributed by atoms with E-state index >= 15 is 0 Å². The van der Waals surface area contributed by atoms with Crippen LogP contribution in [0.4, 0.5) is 5.69 Å². The largest absolute Gasteiger partial charge is 0.304 e. The third-order valence-electron chi connectivity index (χ3n) is 4.02. The summed E-state index contributed by atoms with van der Waals surface area (Å²) in [5.74, 6) is 0.905. The standard InChI is InChI=1S/C17H15N3OS2/c1-10-9-22-15-6-4-3-5-14(15)20(10)17(21)12-7-13-11(2)19-23-16(13)18-8-12/h3-8,10H,9H2,1-2H3. The van der Waals surface area contributed by atoms with Crippen molar-refractivity contribution in [2.45, 2.75) is 24.8 Å². The quantitative estimate of drug-likeness (QED) is 0.667. The zero-order valence-corrected chi connectivity index (χ0v) is 14.4. The van der Waals surface area contributed by atoms with Crippen molar-refractivity contribution in [1.82, 2.24) is 9.36 Å². The molecule has 0 spiro atoms. The lowest BCUT2D eigenvalue weighted by Gasteiger charge is -2.34. The Bertz CT molecular complexity index is 906. The summed E-state index contributed by atoms with van der Waals surface area (Å²) >= 11 is 3.17. The SMILES string of the molecule is Cc1nsc2ncc(C(=O)N3c4ccccc4SCC3C)cc12. The number of aryl methyl sites for hydroxylation is 1. The van der Waals surface area contributed by atoms with Crippen LogP contribution in [0.1, 0.15) is 23.0 Å². The Morgan fingerprint density at radius 3 is 3.04 bits per heavy atom. The van der Waals surface area contributed by atoms with E-state index in [-0.39, 0.29) is 11.9 Å². The molecule has 1 aromatic carbocycles. The normalized spacial score (nSPS) is 17.3. The molecule has 0 radical (unpaired) electrons. The minimum Gasteiger partial charge on any atom is -0.304 e. The van der Waals surface area contributed by atoms with Crippen LogP contribution in [0.15, 0.2) is 41.4 Å². The first kappa shape index (κ1) is 14.7. The molecule has 1 aliphatic rings. The van der Waals surface area contributed by atoms with Gasteiger partial charge in [-0.1, -0.05) is 12.1 Å². The van der Waals surface area contributed by atoms with E-state index in [1.807, 2.05) is 36.1 Å². The van der Waals surface area contributed by atoms with Gasteiger partial charge in [0.1, 0.15) is 4.83 Å². The van der Waals surface area contributed by atoms with Crippen molar-refractivity contribution in [3.05, 3.63) is 47.8 Å². The Hall–Kier alpha value is -1.92. The molecule has 3 aromatic rings. The van der Waals surface area contributed by atoms with Crippen molar-refractivity contribution >= 4 is 45.1 Å². The second-order valence-corrected chi connectivity index (χ2v) is 7.46. The molecule has 0 aliphatic carbocycles. The van der Waals surface area contributed by atoms with Crippen LogP contribution in [0.25, 0.3) is 10.2 Å². The highest BCUT2D eigenvalue weighted by Crippen LogP contribution is 2.38. The third kappa shape index (κ3) is 2.42. The fourth-order valence-electron chi connectivity index (χ4n) is 2.81. The van der Waals surface area contributed by atoms with E-state index in [0.29, 0.717) is 5.56 Å². The van der Waals surface area contributed by atoms with Crippen molar-refractivity contribution in [2.75, 3.05) is 10.7 Å². The van der Waals surface area contributed by atoms with E-state index in [9.17, 15) is 4.79 Å². The summed E-state index contributed by atoms with van der Waals surface area (Å²) in [6, 6.07) is 10.1. The van der Waals surface area contributed by atoms with Crippen LogP contribution >= 0.6 is 23.3 Å². The zero-order valence-electron chi connectivity index (χ0n) is 12.8. The van der Waals surface area contributed by atoms with Crippen molar-refractivity contribution in [3.8, 4) is 0 Å². The van der Waals surface area contributed by atoms with Crippen LogP contribution in [-0.2, 0) is 0 Å². The fourth-order valence-corrected chi connectivity index (χ4v) is 4.60. The molecular weight excluding hydrogens is 326 g/mol. The van der Waals surface area contributed by atoms with E-state index in [1.54, 1.807) is 18.0 Å². The number of thioether (sulfide) groups is 1. The number of anilines is 1. The van der Waals surface area contributed by atoms with Crippen molar-refractivity contribution in [1.29, 1.82) is 0 Å². The van der Waals surface area contributed by atoms with Gasteiger partial charge < -0.3 is 4.90 Å². The predicted octanol–water partition coefficient (Wildman–Crippen LogP) is 4.14. The van der Waals surface area contributed by atoms with Gasteiger partial charge >= 0.3 is 0 Å². The van der Waals surface area contributed by atoms with Crippen LogP contribution < -0.4 is 4.90 Å². The van der Waals surface area contributed by atoms with Crippen LogP contribution in [-0.4, -0.2) is 27.1 Å². The maximum Gasteiger partial charge on any atom is 0.260 e. The first-order chi connectivity index (χ1) is 11.1. The number of amides is 1. The van der Waals surface area contributed by atoms with Crippen LogP contribution in [0.2, 0.25) is 0 Å². The third-order valence-corrected chi connectivity index (χ3v) is 6.19. The molecule has 1 aliphatic heterocycles. The van der Waals surface area contributed by atoms with Gasteiger partial charge in [0.2, 0.25) is 0 Å². The van der Waals surface area contributed by atoms with Crippen molar-refractivity contribution in [3.63, 3.8) is 0 Å². The van der Waals surface area contributed by atoms with Gasteiger partial charge in [0.15, 0.2) is 0 Å². The molecule has 4 nitrogen and oxygen atoms in total. The Balaban J connectivity index is 1.79. The number of hydrogen-bond acceptors (Lipinski definition) is 5. The number of para-hydroxylation sites is 1. The number of pyridine rings is 1. The highest BCUT2D eigenvalue weighted by Gasteiger charge is 2.29. The summed E-state index contributed by atoms with van der Waals surface area (Å²) in [6.45, 7) is 4.04. The first-order valence-corrected chi connectivity index (χ1v) is 9.18. The lowest BCUT2D eigenvalue weighted by molar-refractivity contribution is 0.0979. The number of fused-ring (bicyclic) bond motifs is 2. The Morgan fingerprint density at radius 2 is 2.17 bits per heavy atom. The number of carbonyl (C=O) groups excluding carboxylic acids is 1. The van der Waals surface area contributed by atoms with E-state index in [0.717, 1.165) is 32.2 Å². The molecule has 1 unspecified atom stereocenters. The average Bonchev–Trinajstić information content (AvgIpc) is 2.95. The number of aromatic nitrogens is 2. The van der Waals surface area contributed by atoms with E-state index < -0.39 is 0 Å². The molecule has 0 saturated carbocycles. The van der Waals surface area contributed by atoms with Crippen LogP contribution in [0.3, 0.4) is 0 Å². The number of carbonyl (C=O) groups is 1. The van der Waals surface area contributed by atoms with E-state index in [2.05, 4.69) is 22.3 Å². The van der Waals surface area contributed by atoms with Gasteiger partial charge in [-0.25, -0.2) is 4.98 Å². The summed E-state index contributed by atoms with van der Waals surface area (Å²) < 4.78 is 4.31. The van der Waals surface area contributed by atoms with Crippen LogP contribution in [0.5, 0.6) is 0 Å². The number of nitrogens with zero attached hydrogens (tertiary/aromatic N) is 3. The second-order valence-electron chi connectivity index (χ2n) is 5.65. The van der Waals surface area contributed by atoms with Crippen LogP contribution in [0, 0.1) is 6.92 Å². The molecule has 1 atom stereocenters. The topological polar surface area (TPSA) is 46.1 Å². The van der Waals surface area contributed by atoms with Gasteiger partial charge in [-0.2, -0.15) is 4.37 Å². The Morgan fingerprint density at radius 1 is 1.35 bits per heavy atom. The first-order valence-electron chi connectivity index (χ1n) is 7.42. The van der Waals surface area contributed by atoms with Gasteiger partial charge in [0, 0.05) is 28.3 Å². The summed E-state index contributed by atoms with van der Waals surface area (Å²) in [5.41, 5.74) is 2.53. The van der Waals surface area contributed by atoms with Gasteiger partial charge in [-0.3, -0.25) is 4.79 Å². The van der Waals surface area contributed by atoms with Gasteiger partial charge in [0.25, 0.3) is 5.91 Å². The smallest absolute Gasteiger partial charge is 0.260 e. The molecule has 0 N–H and O–H groups in total. The molecule has 0 bridgehead atoms.